The van der Waals surface area contributed by atoms with Crippen LogP contribution >= 0.6 is 0 Å². The Balaban J connectivity index is 2.02. The summed E-state index contributed by atoms with van der Waals surface area (Å²) in [5, 5.41) is 2.64. The van der Waals surface area contributed by atoms with Crippen molar-refractivity contribution in [3.63, 3.8) is 0 Å². The predicted molar refractivity (Wildman–Crippen MR) is 93.4 cm³/mol. The third-order valence-electron chi connectivity index (χ3n) is 4.34. The van der Waals surface area contributed by atoms with Crippen molar-refractivity contribution in [1.29, 1.82) is 0 Å². The van der Waals surface area contributed by atoms with E-state index in [0.717, 1.165) is 0 Å². The zero-order chi connectivity index (χ0) is 19.4. The molecule has 2 N–H and O–H groups in total. The van der Waals surface area contributed by atoms with Gasteiger partial charge in [0.15, 0.2) is 0 Å². The number of hydrogen-bond acceptors (Lipinski definition) is 3. The number of anilines is 1. The van der Waals surface area contributed by atoms with Crippen molar-refractivity contribution in [2.75, 3.05) is 10.5 Å². The monoisotopic (exact) mass is 392 g/mol. The van der Waals surface area contributed by atoms with Gasteiger partial charge in [-0.25, -0.2) is 8.42 Å². The number of carbonyl (C=O) groups is 1. The molecule has 9 heteroatoms. The highest BCUT2D eigenvalue weighted by Crippen LogP contribution is 2.37. The van der Waals surface area contributed by atoms with Crippen LogP contribution < -0.4 is 10.0 Å². The standard InChI is InChI=1S/C17H23F3N2O3S/c1-2-9-26(24,25)22-15-8-3-5-12(10-15)16(23)21-14-7-4-6-13(11-14)17(18,19)20/h3,5,8,10,13-14,22H,2,4,6-7,9,11H2,1H3,(H,21,23)/t13-,14-/m0/s1. The van der Waals surface area contributed by atoms with E-state index in [1.165, 1.54) is 24.3 Å². The number of amides is 1. The van der Waals surface area contributed by atoms with Gasteiger partial charge in [-0.2, -0.15) is 13.2 Å². The molecule has 1 aromatic rings. The summed E-state index contributed by atoms with van der Waals surface area (Å²) in [6.45, 7) is 1.74. The number of halogens is 3. The summed E-state index contributed by atoms with van der Waals surface area (Å²) in [6.07, 6.45) is -2.92. The Hall–Kier alpha value is -1.77. The quantitative estimate of drug-likeness (QED) is 0.775. The van der Waals surface area contributed by atoms with Crippen LogP contribution in [0.4, 0.5) is 18.9 Å². The molecule has 0 heterocycles. The predicted octanol–water partition coefficient (Wildman–Crippen LogP) is 3.69. The first-order chi connectivity index (χ1) is 12.1. The highest BCUT2D eigenvalue weighted by atomic mass is 32.2. The van der Waals surface area contributed by atoms with Crippen LogP contribution in [0.3, 0.4) is 0 Å². The second-order valence-electron chi connectivity index (χ2n) is 6.58. The highest BCUT2D eigenvalue weighted by molar-refractivity contribution is 7.92. The number of carbonyl (C=O) groups excluding carboxylic acids is 1. The Kier molecular flexibility index (Phi) is 6.54. The molecule has 26 heavy (non-hydrogen) atoms. The molecule has 5 nitrogen and oxygen atoms in total. The van der Waals surface area contributed by atoms with E-state index in [9.17, 15) is 26.4 Å². The number of sulfonamides is 1. The van der Waals surface area contributed by atoms with Crippen molar-refractivity contribution in [3.8, 4) is 0 Å². The van der Waals surface area contributed by atoms with Gasteiger partial charge in [0.2, 0.25) is 10.0 Å². The molecule has 1 aliphatic carbocycles. The van der Waals surface area contributed by atoms with Gasteiger partial charge in [-0.3, -0.25) is 9.52 Å². The van der Waals surface area contributed by atoms with Crippen molar-refractivity contribution in [2.45, 2.75) is 51.2 Å². The average Bonchev–Trinajstić information content (AvgIpc) is 2.54. The summed E-state index contributed by atoms with van der Waals surface area (Å²) < 4.78 is 64.6. The Morgan fingerprint density at radius 3 is 2.65 bits per heavy atom. The van der Waals surface area contributed by atoms with Gasteiger partial charge in [0.25, 0.3) is 5.91 Å². The molecule has 1 aliphatic rings. The maximum Gasteiger partial charge on any atom is 0.391 e. The van der Waals surface area contributed by atoms with E-state index in [4.69, 9.17) is 0 Å². The second kappa shape index (κ2) is 8.28. The Morgan fingerprint density at radius 2 is 2.00 bits per heavy atom. The molecular weight excluding hydrogens is 369 g/mol. The Bertz CT molecular complexity index is 735. The van der Waals surface area contributed by atoms with Gasteiger partial charge < -0.3 is 5.32 Å². The fourth-order valence-electron chi connectivity index (χ4n) is 3.11. The smallest absolute Gasteiger partial charge is 0.349 e. The number of rotatable bonds is 6. The van der Waals surface area contributed by atoms with Crippen molar-refractivity contribution in [2.24, 2.45) is 5.92 Å². The van der Waals surface area contributed by atoms with Crippen LogP contribution in [0.5, 0.6) is 0 Å². The lowest BCUT2D eigenvalue weighted by Crippen LogP contribution is -2.41. The normalized spacial score (nSPS) is 21.2. The van der Waals surface area contributed by atoms with Gasteiger partial charge in [0, 0.05) is 17.3 Å². The van der Waals surface area contributed by atoms with Crippen LogP contribution in [-0.4, -0.2) is 32.3 Å². The topological polar surface area (TPSA) is 75.3 Å². The number of benzene rings is 1. The average molecular weight is 392 g/mol. The maximum absolute atomic E-state index is 12.9. The van der Waals surface area contributed by atoms with Crippen LogP contribution in [0.1, 0.15) is 49.4 Å². The Morgan fingerprint density at radius 1 is 1.27 bits per heavy atom. The summed E-state index contributed by atoms with van der Waals surface area (Å²) >= 11 is 0. The van der Waals surface area contributed by atoms with Crippen molar-refractivity contribution in [1.82, 2.24) is 5.32 Å². The molecule has 2 atom stereocenters. The van der Waals surface area contributed by atoms with Crippen molar-refractivity contribution < 1.29 is 26.4 Å². The minimum atomic E-state index is -4.25. The summed E-state index contributed by atoms with van der Waals surface area (Å²) in [5.41, 5.74) is 0.457. The summed E-state index contributed by atoms with van der Waals surface area (Å²) in [7, 11) is -3.48. The van der Waals surface area contributed by atoms with Crippen molar-refractivity contribution >= 4 is 21.6 Å². The summed E-state index contributed by atoms with van der Waals surface area (Å²) in [5.74, 6) is -1.94. The first kappa shape index (κ1) is 20.5. The minimum Gasteiger partial charge on any atom is -0.349 e. The Labute approximate surface area is 151 Å². The van der Waals surface area contributed by atoms with Crippen LogP contribution in [0, 0.1) is 5.92 Å². The van der Waals surface area contributed by atoms with Crippen LogP contribution in [0.15, 0.2) is 24.3 Å². The first-order valence-electron chi connectivity index (χ1n) is 8.59. The fourth-order valence-corrected chi connectivity index (χ4v) is 4.24. The molecule has 1 amide bonds. The molecule has 1 saturated carbocycles. The van der Waals surface area contributed by atoms with Crippen LogP contribution in [-0.2, 0) is 10.0 Å². The molecule has 0 aromatic heterocycles. The third kappa shape index (κ3) is 5.89. The number of nitrogens with one attached hydrogen (secondary N) is 2. The van der Waals surface area contributed by atoms with E-state index in [1.54, 1.807) is 6.92 Å². The molecule has 0 bridgehead atoms. The highest BCUT2D eigenvalue weighted by Gasteiger charge is 2.42. The molecule has 146 valence electrons. The molecule has 0 spiro atoms. The van der Waals surface area contributed by atoms with Crippen molar-refractivity contribution in [3.05, 3.63) is 29.8 Å². The van der Waals surface area contributed by atoms with E-state index in [-0.39, 0.29) is 29.8 Å². The second-order valence-corrected chi connectivity index (χ2v) is 8.42. The van der Waals surface area contributed by atoms with Gasteiger partial charge in [0.05, 0.1) is 11.7 Å². The van der Waals surface area contributed by atoms with E-state index >= 15 is 0 Å². The molecular formula is C17H23F3N2O3S. The van der Waals surface area contributed by atoms with Crippen LogP contribution in [0.2, 0.25) is 0 Å². The van der Waals surface area contributed by atoms with Crippen LogP contribution in [0.25, 0.3) is 0 Å². The van der Waals surface area contributed by atoms with Gasteiger partial charge in [0.1, 0.15) is 0 Å². The third-order valence-corrected chi connectivity index (χ3v) is 5.84. The van der Waals surface area contributed by atoms with Gasteiger partial charge in [-0.05, 0) is 43.9 Å². The number of hydrogen-bond donors (Lipinski definition) is 2. The molecule has 0 aliphatic heterocycles. The van der Waals surface area contributed by atoms with E-state index in [0.29, 0.717) is 19.3 Å². The zero-order valence-electron chi connectivity index (χ0n) is 14.5. The minimum absolute atomic E-state index is 0.0374. The molecule has 0 saturated heterocycles. The van der Waals surface area contributed by atoms with Gasteiger partial charge in [-0.15, -0.1) is 0 Å². The summed E-state index contributed by atoms with van der Waals surface area (Å²) in [4.78, 5) is 12.3. The SMILES string of the molecule is CCCS(=O)(=O)Nc1cccc(C(=O)N[C@H]2CCC[C@H](C(F)(F)F)C2)c1. The lowest BCUT2D eigenvalue weighted by Gasteiger charge is -2.31. The fraction of sp³-hybridized carbons (Fsp3) is 0.588. The maximum atomic E-state index is 12.9. The molecule has 0 radical (unpaired) electrons. The van der Waals surface area contributed by atoms with E-state index in [1.807, 2.05) is 0 Å². The molecule has 1 fully saturated rings. The van der Waals surface area contributed by atoms with Gasteiger partial charge >= 0.3 is 6.18 Å². The number of alkyl halides is 3. The lowest BCUT2D eigenvalue weighted by molar-refractivity contribution is -0.183. The molecule has 0 unspecified atom stereocenters. The zero-order valence-corrected chi connectivity index (χ0v) is 15.3. The van der Waals surface area contributed by atoms with E-state index in [2.05, 4.69) is 10.0 Å². The lowest BCUT2D eigenvalue weighted by atomic mass is 9.85. The molecule has 2 rings (SSSR count). The molecule has 1 aromatic carbocycles. The first-order valence-corrected chi connectivity index (χ1v) is 10.2. The largest absolute Gasteiger partial charge is 0.391 e. The van der Waals surface area contributed by atoms with Gasteiger partial charge in [-0.1, -0.05) is 19.4 Å². The van der Waals surface area contributed by atoms with E-state index < -0.39 is 34.1 Å². The summed E-state index contributed by atoms with van der Waals surface area (Å²) in [6, 6.07) is 5.38.